The highest BCUT2D eigenvalue weighted by Gasteiger charge is 2.28. The highest BCUT2D eigenvalue weighted by atomic mass is 79.9. The zero-order chi connectivity index (χ0) is 16.3. The van der Waals surface area contributed by atoms with Gasteiger partial charge in [-0.3, -0.25) is 0 Å². The van der Waals surface area contributed by atoms with E-state index in [1.807, 2.05) is 20.1 Å². The molecule has 0 aliphatic rings. The Balaban J connectivity index is 3.05. The van der Waals surface area contributed by atoms with Gasteiger partial charge in [0.15, 0.2) is 0 Å². The van der Waals surface area contributed by atoms with Gasteiger partial charge in [-0.2, -0.15) is 11.8 Å². The summed E-state index contributed by atoms with van der Waals surface area (Å²) in [6.45, 7) is 4.35. The van der Waals surface area contributed by atoms with E-state index in [-0.39, 0.29) is 19.8 Å². The molecule has 0 atom stereocenters. The molecule has 21 heavy (non-hydrogen) atoms. The minimum Gasteiger partial charge on any atom is -0.398 e. The van der Waals surface area contributed by atoms with Gasteiger partial charge in [-0.15, -0.1) is 0 Å². The standard InChI is InChI=1S/C13H20BrFN2O2S2/c1-4-13(5-2,20-3)8-17-21(18,19)12-6-9(14)10(15)7-11(12)16/h6-7,17H,4-5,8,16H2,1-3H3. The average Bonchev–Trinajstić information content (AvgIpc) is 2.45. The van der Waals surface area contributed by atoms with Gasteiger partial charge in [0.25, 0.3) is 0 Å². The number of nitrogen functional groups attached to an aromatic ring is 1. The third-order valence-electron chi connectivity index (χ3n) is 3.65. The van der Waals surface area contributed by atoms with Crippen molar-refractivity contribution in [1.29, 1.82) is 0 Å². The number of nitrogens with one attached hydrogen (secondary N) is 1. The largest absolute Gasteiger partial charge is 0.398 e. The predicted octanol–water partition coefficient (Wildman–Crippen LogP) is 3.37. The molecule has 4 nitrogen and oxygen atoms in total. The molecule has 1 aromatic rings. The molecule has 0 unspecified atom stereocenters. The van der Waals surface area contributed by atoms with Crippen LogP contribution in [0.25, 0.3) is 0 Å². The molecule has 0 aliphatic heterocycles. The molecule has 0 spiro atoms. The van der Waals surface area contributed by atoms with Crippen LogP contribution in [0.3, 0.4) is 0 Å². The first kappa shape index (κ1) is 18.7. The highest BCUT2D eigenvalue weighted by molar-refractivity contribution is 9.10. The number of benzene rings is 1. The monoisotopic (exact) mass is 398 g/mol. The van der Waals surface area contributed by atoms with Gasteiger partial charge in [0.1, 0.15) is 10.7 Å². The Kier molecular flexibility index (Phi) is 6.52. The van der Waals surface area contributed by atoms with Gasteiger partial charge in [0.05, 0.1) is 10.2 Å². The topological polar surface area (TPSA) is 72.2 Å². The Morgan fingerprint density at radius 1 is 1.38 bits per heavy atom. The lowest BCUT2D eigenvalue weighted by molar-refractivity contribution is 0.522. The molecule has 0 amide bonds. The summed E-state index contributed by atoms with van der Waals surface area (Å²) in [4.78, 5) is -0.113. The van der Waals surface area contributed by atoms with Crippen LogP contribution in [-0.2, 0) is 10.0 Å². The van der Waals surface area contributed by atoms with Gasteiger partial charge < -0.3 is 5.73 Å². The lowest BCUT2D eigenvalue weighted by atomic mass is 10.0. The average molecular weight is 399 g/mol. The molecule has 0 saturated carbocycles. The Bertz CT molecular complexity index is 596. The van der Waals surface area contributed by atoms with Crippen molar-refractivity contribution < 1.29 is 12.8 Å². The Morgan fingerprint density at radius 2 is 1.95 bits per heavy atom. The van der Waals surface area contributed by atoms with Crippen LogP contribution >= 0.6 is 27.7 Å². The van der Waals surface area contributed by atoms with Gasteiger partial charge >= 0.3 is 0 Å². The van der Waals surface area contributed by atoms with Gasteiger partial charge in [-0.1, -0.05) is 13.8 Å². The van der Waals surface area contributed by atoms with Crippen LogP contribution in [-0.4, -0.2) is 26.0 Å². The maximum Gasteiger partial charge on any atom is 0.242 e. The van der Waals surface area contributed by atoms with E-state index >= 15 is 0 Å². The predicted molar refractivity (Wildman–Crippen MR) is 90.5 cm³/mol. The Morgan fingerprint density at radius 3 is 2.43 bits per heavy atom. The van der Waals surface area contributed by atoms with Crippen LogP contribution < -0.4 is 10.5 Å². The van der Waals surface area contributed by atoms with Crippen LogP contribution in [0, 0.1) is 5.82 Å². The smallest absolute Gasteiger partial charge is 0.242 e. The number of sulfonamides is 1. The highest BCUT2D eigenvalue weighted by Crippen LogP contribution is 2.31. The van der Waals surface area contributed by atoms with E-state index in [0.717, 1.165) is 18.9 Å². The van der Waals surface area contributed by atoms with Crippen LogP contribution in [0.5, 0.6) is 0 Å². The van der Waals surface area contributed by atoms with E-state index < -0.39 is 15.8 Å². The summed E-state index contributed by atoms with van der Waals surface area (Å²) in [6.07, 6.45) is 3.65. The number of hydrogen-bond acceptors (Lipinski definition) is 4. The summed E-state index contributed by atoms with van der Waals surface area (Å²) in [6, 6.07) is 2.19. The molecule has 0 heterocycles. The molecular formula is C13H20BrFN2O2S2. The fraction of sp³-hybridized carbons (Fsp3) is 0.538. The molecule has 0 saturated heterocycles. The zero-order valence-corrected chi connectivity index (χ0v) is 15.5. The van der Waals surface area contributed by atoms with Crippen LogP contribution in [0.4, 0.5) is 10.1 Å². The normalized spacial score (nSPS) is 12.6. The van der Waals surface area contributed by atoms with Gasteiger partial charge in [0.2, 0.25) is 10.0 Å². The van der Waals surface area contributed by atoms with Crippen molar-refractivity contribution >= 4 is 43.4 Å². The van der Waals surface area contributed by atoms with E-state index in [0.29, 0.717) is 6.54 Å². The minimum atomic E-state index is -3.78. The number of rotatable bonds is 7. The van der Waals surface area contributed by atoms with E-state index in [2.05, 4.69) is 20.7 Å². The van der Waals surface area contributed by atoms with E-state index in [9.17, 15) is 12.8 Å². The molecule has 120 valence electrons. The van der Waals surface area contributed by atoms with Gasteiger partial charge in [0, 0.05) is 11.3 Å². The summed E-state index contributed by atoms with van der Waals surface area (Å²) in [5, 5.41) is 0. The molecular weight excluding hydrogens is 379 g/mol. The van der Waals surface area contributed by atoms with Crippen LogP contribution in [0.1, 0.15) is 26.7 Å². The Labute approximate surface area is 138 Å². The molecule has 1 aromatic carbocycles. The SMILES string of the molecule is CCC(CC)(CNS(=O)(=O)c1cc(Br)c(F)cc1N)SC. The summed E-state index contributed by atoms with van der Waals surface area (Å²) >= 11 is 4.61. The molecule has 0 aromatic heterocycles. The second kappa shape index (κ2) is 7.30. The van der Waals surface area contributed by atoms with Crippen molar-refractivity contribution in [2.75, 3.05) is 18.5 Å². The molecule has 3 N–H and O–H groups in total. The zero-order valence-electron chi connectivity index (χ0n) is 12.2. The second-order valence-corrected chi connectivity index (χ2v) is 8.59. The van der Waals surface area contributed by atoms with Gasteiger partial charge in [-0.05, 0) is 47.2 Å². The van der Waals surface area contributed by atoms with Crippen molar-refractivity contribution in [3.63, 3.8) is 0 Å². The summed E-state index contributed by atoms with van der Waals surface area (Å²) in [7, 11) is -3.78. The molecule has 0 aliphatic carbocycles. The number of thioether (sulfide) groups is 1. The molecule has 8 heteroatoms. The van der Waals surface area contributed by atoms with Crippen LogP contribution in [0.15, 0.2) is 21.5 Å². The van der Waals surface area contributed by atoms with Crippen molar-refractivity contribution in [2.24, 2.45) is 0 Å². The van der Waals surface area contributed by atoms with Crippen LogP contribution in [0.2, 0.25) is 0 Å². The van der Waals surface area contributed by atoms with E-state index in [4.69, 9.17) is 5.73 Å². The number of anilines is 1. The number of nitrogens with two attached hydrogens (primary N) is 1. The molecule has 1 rings (SSSR count). The summed E-state index contributed by atoms with van der Waals surface area (Å²) in [5.74, 6) is -0.591. The molecule has 0 radical (unpaired) electrons. The number of halogens is 2. The molecule has 0 fully saturated rings. The maximum atomic E-state index is 13.3. The first-order valence-electron chi connectivity index (χ1n) is 6.50. The minimum absolute atomic E-state index is 0.0687. The van der Waals surface area contributed by atoms with E-state index in [1.54, 1.807) is 11.8 Å². The molecule has 0 bridgehead atoms. The quantitative estimate of drug-likeness (QED) is 0.690. The van der Waals surface area contributed by atoms with Gasteiger partial charge in [-0.25, -0.2) is 17.5 Å². The summed E-state index contributed by atoms with van der Waals surface area (Å²) < 4.78 is 40.6. The van der Waals surface area contributed by atoms with Crippen molar-refractivity contribution in [3.8, 4) is 0 Å². The van der Waals surface area contributed by atoms with Crippen molar-refractivity contribution in [3.05, 3.63) is 22.4 Å². The third kappa shape index (κ3) is 4.34. The lowest BCUT2D eigenvalue weighted by Crippen LogP contribution is -2.39. The Hall–Kier alpha value is -0.310. The van der Waals surface area contributed by atoms with Crippen molar-refractivity contribution in [2.45, 2.75) is 36.3 Å². The lowest BCUT2D eigenvalue weighted by Gasteiger charge is -2.29. The maximum absolute atomic E-state index is 13.3. The van der Waals surface area contributed by atoms with E-state index in [1.165, 1.54) is 6.07 Å². The first-order chi connectivity index (χ1) is 9.71. The fourth-order valence-electron chi connectivity index (χ4n) is 1.94. The summed E-state index contributed by atoms with van der Waals surface area (Å²) in [5.41, 5.74) is 5.52. The first-order valence-corrected chi connectivity index (χ1v) is 10.0. The fourth-order valence-corrected chi connectivity index (χ4v) is 4.59. The third-order valence-corrected chi connectivity index (χ3v) is 7.30. The number of hydrogen-bond donors (Lipinski definition) is 2. The second-order valence-electron chi connectivity index (χ2n) is 4.72. The van der Waals surface area contributed by atoms with Crippen molar-refractivity contribution in [1.82, 2.24) is 4.72 Å².